The summed E-state index contributed by atoms with van der Waals surface area (Å²) in [6, 6.07) is 0. The number of nitrogens with two attached hydrogens (primary N) is 1. The fourth-order valence-electron chi connectivity index (χ4n) is 2.52. The van der Waals surface area contributed by atoms with E-state index in [1.807, 2.05) is 0 Å². The predicted octanol–water partition coefficient (Wildman–Crippen LogP) is 2.64. The largest absolute Gasteiger partial charge is 0.465 e. The second kappa shape index (κ2) is 8.54. The summed E-state index contributed by atoms with van der Waals surface area (Å²) in [6.07, 6.45) is 7.87. The van der Waals surface area contributed by atoms with Crippen LogP contribution in [0.2, 0.25) is 0 Å². The van der Waals surface area contributed by atoms with Crippen LogP contribution in [0.15, 0.2) is 0 Å². The number of hydrogen-bond acceptors (Lipinski definition) is 4. The van der Waals surface area contributed by atoms with Gasteiger partial charge in [0.1, 0.15) is 5.54 Å². The van der Waals surface area contributed by atoms with Crippen molar-refractivity contribution < 1.29 is 14.3 Å². The van der Waals surface area contributed by atoms with Gasteiger partial charge in [0.05, 0.1) is 6.61 Å². The average Bonchev–Trinajstić information content (AvgIpc) is 2.87. The first-order valence-corrected chi connectivity index (χ1v) is 7.60. The summed E-state index contributed by atoms with van der Waals surface area (Å²) in [5.41, 5.74) is 5.09. The zero-order chi connectivity index (χ0) is 14.1. The van der Waals surface area contributed by atoms with Gasteiger partial charge in [-0.25, -0.2) is 0 Å². The number of hydrogen-bond donors (Lipinski definition) is 1. The van der Waals surface area contributed by atoms with Crippen LogP contribution in [0, 0.1) is 5.92 Å². The Labute approximate surface area is 117 Å². The maximum atomic E-state index is 11.6. The van der Waals surface area contributed by atoms with E-state index in [4.69, 9.17) is 15.2 Å². The molecule has 1 saturated carbocycles. The lowest BCUT2D eigenvalue weighted by atomic mass is 9.96. The number of carbonyl (C=O) groups is 1. The highest BCUT2D eigenvalue weighted by atomic mass is 16.5. The molecule has 4 heteroatoms. The molecule has 1 atom stereocenters. The van der Waals surface area contributed by atoms with Crippen LogP contribution in [0.1, 0.15) is 58.8 Å². The maximum Gasteiger partial charge on any atom is 0.325 e. The Morgan fingerprint density at radius 3 is 2.63 bits per heavy atom. The van der Waals surface area contributed by atoms with Gasteiger partial charge in [0, 0.05) is 13.2 Å². The molecule has 1 aliphatic carbocycles. The van der Waals surface area contributed by atoms with E-state index >= 15 is 0 Å². The number of rotatable bonds is 9. The minimum Gasteiger partial charge on any atom is -0.465 e. The molecular weight excluding hydrogens is 242 g/mol. The number of esters is 1. The molecule has 19 heavy (non-hydrogen) atoms. The molecular formula is C15H29NO3. The first-order valence-electron chi connectivity index (χ1n) is 7.60. The minimum atomic E-state index is -0.860. The van der Waals surface area contributed by atoms with Crippen molar-refractivity contribution in [1.82, 2.24) is 0 Å². The summed E-state index contributed by atoms with van der Waals surface area (Å²) in [5.74, 6) is 0.473. The maximum absolute atomic E-state index is 11.6. The quantitative estimate of drug-likeness (QED) is 0.517. The molecule has 0 aromatic rings. The van der Waals surface area contributed by atoms with Crippen LogP contribution in [-0.2, 0) is 14.3 Å². The van der Waals surface area contributed by atoms with Crippen LogP contribution < -0.4 is 5.73 Å². The van der Waals surface area contributed by atoms with E-state index in [0.717, 1.165) is 32.0 Å². The molecule has 1 rings (SSSR count). The summed E-state index contributed by atoms with van der Waals surface area (Å²) in [4.78, 5) is 11.6. The molecule has 1 unspecified atom stereocenters. The SMILES string of the molecule is CCOC(=O)C(C)(N)CCCCOCC1CCCC1. The lowest BCUT2D eigenvalue weighted by molar-refractivity contribution is -0.149. The zero-order valence-electron chi connectivity index (χ0n) is 12.5. The fraction of sp³-hybridized carbons (Fsp3) is 0.933. The molecule has 0 amide bonds. The fourth-order valence-corrected chi connectivity index (χ4v) is 2.52. The van der Waals surface area contributed by atoms with Gasteiger partial charge < -0.3 is 15.2 Å². The first kappa shape index (κ1) is 16.4. The van der Waals surface area contributed by atoms with Gasteiger partial charge in [-0.2, -0.15) is 0 Å². The Bertz CT molecular complexity index is 260. The molecule has 0 aromatic heterocycles. The van der Waals surface area contributed by atoms with Crippen molar-refractivity contribution in [2.24, 2.45) is 11.7 Å². The molecule has 0 bridgehead atoms. The Balaban J connectivity index is 2.01. The molecule has 0 spiro atoms. The third-order valence-electron chi connectivity index (χ3n) is 3.80. The summed E-state index contributed by atoms with van der Waals surface area (Å²) in [5, 5.41) is 0. The highest BCUT2D eigenvalue weighted by Crippen LogP contribution is 2.24. The molecule has 1 fully saturated rings. The Morgan fingerprint density at radius 1 is 1.32 bits per heavy atom. The molecule has 112 valence electrons. The van der Waals surface area contributed by atoms with E-state index in [-0.39, 0.29) is 5.97 Å². The molecule has 0 radical (unpaired) electrons. The van der Waals surface area contributed by atoms with Gasteiger partial charge >= 0.3 is 5.97 Å². The molecule has 0 saturated heterocycles. The van der Waals surface area contributed by atoms with E-state index < -0.39 is 5.54 Å². The molecule has 0 heterocycles. The lowest BCUT2D eigenvalue weighted by Gasteiger charge is -2.22. The average molecular weight is 271 g/mol. The standard InChI is InChI=1S/C15H29NO3/c1-3-19-14(17)15(2,16)10-6-7-11-18-12-13-8-4-5-9-13/h13H,3-12,16H2,1-2H3. The Kier molecular flexibility index (Phi) is 7.39. The van der Waals surface area contributed by atoms with E-state index in [9.17, 15) is 4.79 Å². The normalized spacial score (nSPS) is 19.3. The summed E-state index contributed by atoms with van der Waals surface area (Å²) in [6.45, 7) is 5.60. The van der Waals surface area contributed by atoms with Crippen molar-refractivity contribution in [2.75, 3.05) is 19.8 Å². The Morgan fingerprint density at radius 2 is 2.00 bits per heavy atom. The van der Waals surface area contributed by atoms with Crippen molar-refractivity contribution in [2.45, 2.75) is 64.3 Å². The molecule has 4 nitrogen and oxygen atoms in total. The molecule has 0 aromatic carbocycles. The van der Waals surface area contributed by atoms with Gasteiger partial charge in [0.2, 0.25) is 0 Å². The third-order valence-corrected chi connectivity index (χ3v) is 3.80. The highest BCUT2D eigenvalue weighted by Gasteiger charge is 2.28. The van der Waals surface area contributed by atoms with Gasteiger partial charge in [0.15, 0.2) is 0 Å². The predicted molar refractivity (Wildman–Crippen MR) is 75.9 cm³/mol. The number of unbranched alkanes of at least 4 members (excludes halogenated alkanes) is 1. The van der Waals surface area contributed by atoms with Gasteiger partial charge in [0.25, 0.3) is 0 Å². The number of carbonyl (C=O) groups excluding carboxylic acids is 1. The number of ether oxygens (including phenoxy) is 2. The summed E-state index contributed by atoms with van der Waals surface area (Å²) >= 11 is 0. The monoisotopic (exact) mass is 271 g/mol. The molecule has 0 aliphatic heterocycles. The second-order valence-corrected chi connectivity index (χ2v) is 5.82. The first-order chi connectivity index (χ1) is 9.06. The van der Waals surface area contributed by atoms with Gasteiger partial charge in [-0.05, 0) is 51.9 Å². The smallest absolute Gasteiger partial charge is 0.325 e. The van der Waals surface area contributed by atoms with Crippen LogP contribution >= 0.6 is 0 Å². The zero-order valence-corrected chi connectivity index (χ0v) is 12.5. The van der Waals surface area contributed by atoms with Crippen LogP contribution in [0.4, 0.5) is 0 Å². The van der Waals surface area contributed by atoms with E-state index in [1.54, 1.807) is 13.8 Å². The van der Waals surface area contributed by atoms with Crippen molar-refractivity contribution in [3.05, 3.63) is 0 Å². The van der Waals surface area contributed by atoms with E-state index in [2.05, 4.69) is 0 Å². The second-order valence-electron chi connectivity index (χ2n) is 5.82. The van der Waals surface area contributed by atoms with Crippen LogP contribution in [-0.4, -0.2) is 31.3 Å². The Hall–Kier alpha value is -0.610. The van der Waals surface area contributed by atoms with Crippen molar-refractivity contribution in [3.8, 4) is 0 Å². The van der Waals surface area contributed by atoms with E-state index in [1.165, 1.54) is 25.7 Å². The van der Waals surface area contributed by atoms with E-state index in [0.29, 0.717) is 13.0 Å². The van der Waals surface area contributed by atoms with Gasteiger partial charge in [-0.1, -0.05) is 12.8 Å². The summed E-state index contributed by atoms with van der Waals surface area (Å²) in [7, 11) is 0. The minimum absolute atomic E-state index is 0.304. The van der Waals surface area contributed by atoms with Crippen LogP contribution in [0.25, 0.3) is 0 Å². The van der Waals surface area contributed by atoms with Crippen molar-refractivity contribution >= 4 is 5.97 Å². The highest BCUT2D eigenvalue weighted by molar-refractivity contribution is 5.79. The van der Waals surface area contributed by atoms with Gasteiger partial charge in [-0.15, -0.1) is 0 Å². The molecule has 1 aliphatic rings. The van der Waals surface area contributed by atoms with Crippen LogP contribution in [0.3, 0.4) is 0 Å². The van der Waals surface area contributed by atoms with Crippen molar-refractivity contribution in [3.63, 3.8) is 0 Å². The van der Waals surface area contributed by atoms with Gasteiger partial charge in [-0.3, -0.25) is 4.79 Å². The van der Waals surface area contributed by atoms with Crippen LogP contribution in [0.5, 0.6) is 0 Å². The third kappa shape index (κ3) is 6.39. The van der Waals surface area contributed by atoms with Crippen molar-refractivity contribution in [1.29, 1.82) is 0 Å². The topological polar surface area (TPSA) is 61.5 Å². The molecule has 2 N–H and O–H groups in total. The summed E-state index contributed by atoms with van der Waals surface area (Å²) < 4.78 is 10.6. The lowest BCUT2D eigenvalue weighted by Crippen LogP contribution is -2.46.